The number of benzene rings is 1. The molecule has 1 heterocycles. The molecule has 4 atom stereocenters. The van der Waals surface area contributed by atoms with Gasteiger partial charge in [-0.15, -0.1) is 11.6 Å². The molecule has 0 spiro atoms. The van der Waals surface area contributed by atoms with Crippen molar-refractivity contribution in [3.8, 4) is 0 Å². The van der Waals surface area contributed by atoms with E-state index in [1.165, 1.54) is 5.56 Å². The highest BCUT2D eigenvalue weighted by Crippen LogP contribution is 2.37. The molecule has 0 aliphatic carbocycles. The summed E-state index contributed by atoms with van der Waals surface area (Å²) >= 11 is 6.70. The molecule has 1 aromatic carbocycles. The second kappa shape index (κ2) is 19.5. The first kappa shape index (κ1) is 32.7. The minimum atomic E-state index is -0.250. The molecule has 0 radical (unpaired) electrons. The summed E-state index contributed by atoms with van der Waals surface area (Å²) in [7, 11) is 0. The van der Waals surface area contributed by atoms with Gasteiger partial charge in [0.2, 0.25) is 0 Å². The number of carbonyl (C=O) groups excluding carboxylic acids is 1. The number of alkyl halides is 1. The highest BCUT2D eigenvalue weighted by Gasteiger charge is 2.26. The molecule has 2 rings (SSSR count). The highest BCUT2D eigenvalue weighted by molar-refractivity contribution is 6.20. The fourth-order valence-electron chi connectivity index (χ4n) is 5.56. The predicted octanol–water partition coefficient (Wildman–Crippen LogP) is 8.03. The highest BCUT2D eigenvalue weighted by atomic mass is 35.5. The van der Waals surface area contributed by atoms with Crippen LogP contribution in [0.1, 0.15) is 114 Å². The van der Waals surface area contributed by atoms with Crippen LogP contribution in [0.3, 0.4) is 0 Å². The summed E-state index contributed by atoms with van der Waals surface area (Å²) in [6.45, 7) is 11.1. The van der Waals surface area contributed by atoms with Crippen molar-refractivity contribution in [3.05, 3.63) is 40.3 Å². The van der Waals surface area contributed by atoms with Gasteiger partial charge < -0.3 is 9.47 Å². The quantitative estimate of drug-likeness (QED) is 0.0711. The molecule has 0 N–H and O–H groups in total. The second-order valence-corrected chi connectivity index (χ2v) is 11.5. The molecule has 0 saturated carbocycles. The number of carbonyl (C=O) groups is 1. The Kier molecular flexibility index (Phi) is 16.8. The first-order valence-electron chi connectivity index (χ1n) is 15.0. The van der Waals surface area contributed by atoms with E-state index in [-0.39, 0.29) is 17.4 Å². The monoisotopic (exact) mass is 550 g/mol. The molecule has 7 heteroatoms. The van der Waals surface area contributed by atoms with Gasteiger partial charge in [-0.3, -0.25) is 9.69 Å². The van der Waals surface area contributed by atoms with Crippen molar-refractivity contribution >= 4 is 17.6 Å². The number of nitrogens with zero attached hydrogens (tertiary/aromatic N) is 2. The van der Waals surface area contributed by atoms with E-state index >= 15 is 0 Å². The van der Waals surface area contributed by atoms with Crippen LogP contribution in [0.25, 0.3) is 0 Å². The number of unbranched alkanes of at least 4 members (excludes halogenated alkanes) is 5. The van der Waals surface area contributed by atoms with Gasteiger partial charge in [0.05, 0.1) is 13.2 Å². The average molecular weight is 551 g/mol. The Bertz CT molecular complexity index is 768. The van der Waals surface area contributed by atoms with Crippen LogP contribution in [-0.2, 0) is 14.3 Å². The third kappa shape index (κ3) is 12.1. The van der Waals surface area contributed by atoms with Crippen molar-refractivity contribution in [2.24, 2.45) is 11.1 Å². The van der Waals surface area contributed by atoms with Crippen molar-refractivity contribution in [2.75, 3.05) is 39.5 Å². The van der Waals surface area contributed by atoms with E-state index in [2.05, 4.69) is 55.1 Å². The summed E-state index contributed by atoms with van der Waals surface area (Å²) in [5.74, 6) is 0.695. The summed E-state index contributed by atoms with van der Waals surface area (Å²) in [5, 5.41) is 3.47. The van der Waals surface area contributed by atoms with E-state index < -0.39 is 0 Å². The van der Waals surface area contributed by atoms with Crippen LogP contribution >= 0.6 is 11.6 Å². The molecule has 1 saturated heterocycles. The number of nitroso groups, excluding NO2 is 1. The van der Waals surface area contributed by atoms with Gasteiger partial charge in [-0.1, -0.05) is 81.8 Å². The smallest absolute Gasteiger partial charge is 0.305 e. The molecule has 0 bridgehead atoms. The van der Waals surface area contributed by atoms with Crippen molar-refractivity contribution < 1.29 is 14.3 Å². The van der Waals surface area contributed by atoms with Crippen molar-refractivity contribution in [1.29, 1.82) is 0 Å². The molecule has 216 valence electrons. The van der Waals surface area contributed by atoms with E-state index in [1.54, 1.807) is 0 Å². The van der Waals surface area contributed by atoms with Crippen LogP contribution in [0.2, 0.25) is 0 Å². The Labute approximate surface area is 236 Å². The van der Waals surface area contributed by atoms with Crippen LogP contribution in [0, 0.1) is 10.8 Å². The molecule has 1 aliphatic rings. The molecule has 38 heavy (non-hydrogen) atoms. The summed E-state index contributed by atoms with van der Waals surface area (Å²) in [6.07, 6.45) is 10.9. The maximum Gasteiger partial charge on any atom is 0.305 e. The number of hydrogen-bond acceptors (Lipinski definition) is 6. The lowest BCUT2D eigenvalue weighted by molar-refractivity contribution is -0.144. The van der Waals surface area contributed by atoms with Crippen molar-refractivity contribution in [2.45, 2.75) is 109 Å². The molecule has 1 aliphatic heterocycles. The number of morpholine rings is 1. The minimum Gasteiger partial charge on any atom is -0.464 e. The standard InChI is InChI=1S/C31H51ClN2O4/c1-4-6-9-13-30(33-36)27-17-15-26(16-18-27)28(5-2)29(25(3)32)12-10-7-8-11-14-31(35)38-24-21-34-19-22-37-23-20-34/h15-18,25,28-30H,4-14,19-24H2,1-3H3/t25-,28?,29?,30?/m1/s1. The molecule has 0 aromatic heterocycles. The van der Waals surface area contributed by atoms with Gasteiger partial charge in [0, 0.05) is 31.4 Å². The van der Waals surface area contributed by atoms with Gasteiger partial charge in [-0.2, -0.15) is 4.91 Å². The lowest BCUT2D eigenvalue weighted by atomic mass is 9.79. The Morgan fingerprint density at radius 1 is 1.00 bits per heavy atom. The van der Waals surface area contributed by atoms with Crippen LogP contribution in [0.4, 0.5) is 0 Å². The fraction of sp³-hybridized carbons (Fsp3) is 0.774. The number of rotatable bonds is 20. The zero-order valence-electron chi connectivity index (χ0n) is 24.0. The van der Waals surface area contributed by atoms with Gasteiger partial charge in [-0.25, -0.2) is 0 Å². The Hall–Kier alpha value is -1.50. The third-order valence-electron chi connectivity index (χ3n) is 7.95. The molecular weight excluding hydrogens is 500 g/mol. The van der Waals surface area contributed by atoms with Gasteiger partial charge in [0.25, 0.3) is 0 Å². The van der Waals surface area contributed by atoms with E-state index in [0.717, 1.165) is 103 Å². The van der Waals surface area contributed by atoms with E-state index in [1.807, 2.05) is 0 Å². The van der Waals surface area contributed by atoms with Gasteiger partial charge in [-0.05, 0) is 55.6 Å². The van der Waals surface area contributed by atoms with Gasteiger partial charge in [0.1, 0.15) is 12.6 Å². The molecule has 6 nitrogen and oxygen atoms in total. The summed E-state index contributed by atoms with van der Waals surface area (Å²) in [6, 6.07) is 8.29. The number of halogens is 1. The minimum absolute atomic E-state index is 0.0829. The van der Waals surface area contributed by atoms with Gasteiger partial charge in [0.15, 0.2) is 0 Å². The fourth-order valence-corrected chi connectivity index (χ4v) is 5.86. The van der Waals surface area contributed by atoms with Crippen molar-refractivity contribution in [3.63, 3.8) is 0 Å². The summed E-state index contributed by atoms with van der Waals surface area (Å²) < 4.78 is 10.8. The SMILES string of the molecule is CCCCCC(N=O)c1ccc(C(CC)C(CCCCCCC(=O)OCCN2CCOCC2)[C@@H](C)Cl)cc1. The Morgan fingerprint density at radius 2 is 1.66 bits per heavy atom. The Balaban J connectivity index is 1.72. The molecule has 1 aromatic rings. The zero-order valence-corrected chi connectivity index (χ0v) is 24.8. The number of esters is 1. The first-order valence-corrected chi connectivity index (χ1v) is 15.5. The molecular formula is C31H51ClN2O4. The lowest BCUT2D eigenvalue weighted by Crippen LogP contribution is -2.38. The van der Waals surface area contributed by atoms with Crippen LogP contribution in [0.5, 0.6) is 0 Å². The van der Waals surface area contributed by atoms with Crippen LogP contribution in [0.15, 0.2) is 29.4 Å². The summed E-state index contributed by atoms with van der Waals surface area (Å²) in [5.41, 5.74) is 2.32. The lowest BCUT2D eigenvalue weighted by Gasteiger charge is -2.29. The number of hydrogen-bond donors (Lipinski definition) is 0. The van der Waals surface area contributed by atoms with E-state index in [9.17, 15) is 9.70 Å². The maximum atomic E-state index is 12.0. The van der Waals surface area contributed by atoms with Gasteiger partial charge >= 0.3 is 5.97 Å². The molecule has 0 amide bonds. The van der Waals surface area contributed by atoms with E-state index in [0.29, 0.717) is 24.9 Å². The second-order valence-electron chi connectivity index (χ2n) is 10.8. The maximum absolute atomic E-state index is 12.0. The average Bonchev–Trinajstić information content (AvgIpc) is 2.93. The van der Waals surface area contributed by atoms with Crippen LogP contribution < -0.4 is 0 Å². The first-order chi connectivity index (χ1) is 18.5. The third-order valence-corrected chi connectivity index (χ3v) is 8.27. The topological polar surface area (TPSA) is 68.2 Å². The number of ether oxygens (including phenoxy) is 2. The predicted molar refractivity (Wildman–Crippen MR) is 157 cm³/mol. The summed E-state index contributed by atoms with van der Waals surface area (Å²) in [4.78, 5) is 25.7. The molecule has 1 fully saturated rings. The Morgan fingerprint density at radius 3 is 2.29 bits per heavy atom. The molecule has 3 unspecified atom stereocenters. The zero-order chi connectivity index (χ0) is 27.6. The normalized spacial score (nSPS) is 17.5. The largest absolute Gasteiger partial charge is 0.464 e. The van der Waals surface area contributed by atoms with Crippen LogP contribution in [-0.4, -0.2) is 55.7 Å². The van der Waals surface area contributed by atoms with Crippen molar-refractivity contribution in [1.82, 2.24) is 4.90 Å². The van der Waals surface area contributed by atoms with E-state index in [4.69, 9.17) is 21.1 Å².